The topological polar surface area (TPSA) is 9.23 Å². The Balaban J connectivity index is 2.50. The van der Waals surface area contributed by atoms with E-state index in [1.54, 1.807) is 0 Å². The molecule has 0 aromatic heterocycles. The SMILES string of the molecule is C#C[C@@H]1c2cccc(C)c2OC[C@@H]1C(=C)C. The molecule has 1 aromatic rings. The number of hydrogen-bond donors (Lipinski definition) is 0. The van der Waals surface area contributed by atoms with Crippen LogP contribution in [0.15, 0.2) is 30.4 Å². The van der Waals surface area contributed by atoms with Crippen LogP contribution in [0.2, 0.25) is 0 Å². The van der Waals surface area contributed by atoms with Gasteiger partial charge < -0.3 is 4.74 Å². The molecule has 0 unspecified atom stereocenters. The van der Waals surface area contributed by atoms with Crippen LogP contribution >= 0.6 is 0 Å². The lowest BCUT2D eigenvalue weighted by molar-refractivity contribution is 0.231. The second kappa shape index (κ2) is 4.06. The third-order valence-electron chi connectivity index (χ3n) is 3.20. The Morgan fingerprint density at radius 3 is 2.94 bits per heavy atom. The summed E-state index contributed by atoms with van der Waals surface area (Å²) in [6.45, 7) is 8.70. The molecule has 1 heteroatoms. The molecule has 0 saturated heterocycles. The van der Waals surface area contributed by atoms with Gasteiger partial charge in [-0.25, -0.2) is 0 Å². The van der Waals surface area contributed by atoms with Crippen LogP contribution in [0.3, 0.4) is 0 Å². The zero-order chi connectivity index (χ0) is 11.7. The summed E-state index contributed by atoms with van der Waals surface area (Å²) in [5.74, 6) is 4.17. The fraction of sp³-hybridized carbons (Fsp3) is 0.333. The predicted molar refractivity (Wildman–Crippen MR) is 66.6 cm³/mol. The van der Waals surface area contributed by atoms with Crippen LogP contribution in [0, 0.1) is 25.2 Å². The van der Waals surface area contributed by atoms with Crippen molar-refractivity contribution < 1.29 is 4.74 Å². The normalized spacial score (nSPS) is 22.8. The summed E-state index contributed by atoms with van der Waals surface area (Å²) in [6.07, 6.45) is 5.65. The van der Waals surface area contributed by atoms with Crippen molar-refractivity contribution in [2.45, 2.75) is 19.8 Å². The van der Waals surface area contributed by atoms with E-state index in [1.807, 2.05) is 26.0 Å². The van der Waals surface area contributed by atoms with Crippen molar-refractivity contribution in [3.8, 4) is 18.1 Å². The van der Waals surface area contributed by atoms with E-state index in [0.29, 0.717) is 6.61 Å². The lowest BCUT2D eigenvalue weighted by Crippen LogP contribution is -2.26. The minimum Gasteiger partial charge on any atom is -0.492 e. The first kappa shape index (κ1) is 10.8. The minimum atomic E-state index is 0.0983. The molecule has 1 heterocycles. The molecule has 0 amide bonds. The fourth-order valence-corrected chi connectivity index (χ4v) is 2.24. The molecule has 1 nitrogen and oxygen atoms in total. The van der Waals surface area contributed by atoms with Gasteiger partial charge in [-0.2, -0.15) is 0 Å². The summed E-state index contributed by atoms with van der Waals surface area (Å²) in [5.41, 5.74) is 3.37. The zero-order valence-electron chi connectivity index (χ0n) is 9.79. The quantitative estimate of drug-likeness (QED) is 0.512. The number of terminal acetylenes is 1. The number of benzene rings is 1. The van der Waals surface area contributed by atoms with Gasteiger partial charge >= 0.3 is 0 Å². The molecular formula is C15H16O. The maximum atomic E-state index is 5.80. The minimum absolute atomic E-state index is 0.0983. The number of fused-ring (bicyclic) bond motifs is 1. The lowest BCUT2D eigenvalue weighted by Gasteiger charge is -2.31. The highest BCUT2D eigenvalue weighted by molar-refractivity contribution is 5.48. The molecule has 16 heavy (non-hydrogen) atoms. The number of ether oxygens (including phenoxy) is 1. The molecule has 1 aromatic carbocycles. The van der Waals surface area contributed by atoms with Crippen molar-refractivity contribution in [3.05, 3.63) is 41.5 Å². The van der Waals surface area contributed by atoms with E-state index in [0.717, 1.165) is 22.4 Å². The smallest absolute Gasteiger partial charge is 0.126 e. The molecule has 0 spiro atoms. The Kier molecular flexibility index (Phi) is 2.75. The van der Waals surface area contributed by atoms with E-state index in [9.17, 15) is 0 Å². The molecule has 82 valence electrons. The van der Waals surface area contributed by atoms with Gasteiger partial charge in [0, 0.05) is 11.5 Å². The highest BCUT2D eigenvalue weighted by atomic mass is 16.5. The lowest BCUT2D eigenvalue weighted by atomic mass is 9.80. The van der Waals surface area contributed by atoms with Crippen molar-refractivity contribution >= 4 is 0 Å². The molecule has 0 aliphatic carbocycles. The molecule has 0 N–H and O–H groups in total. The Hall–Kier alpha value is -1.68. The Morgan fingerprint density at radius 2 is 2.31 bits per heavy atom. The first-order valence-electron chi connectivity index (χ1n) is 5.49. The second-order valence-electron chi connectivity index (χ2n) is 4.40. The van der Waals surface area contributed by atoms with Gasteiger partial charge in [-0.1, -0.05) is 36.3 Å². The van der Waals surface area contributed by atoms with E-state index in [-0.39, 0.29) is 11.8 Å². The van der Waals surface area contributed by atoms with Gasteiger partial charge in [-0.15, -0.1) is 6.42 Å². The Morgan fingerprint density at radius 1 is 1.56 bits per heavy atom. The number of hydrogen-bond acceptors (Lipinski definition) is 1. The summed E-state index contributed by atoms with van der Waals surface area (Å²) < 4.78 is 5.80. The third-order valence-corrected chi connectivity index (χ3v) is 3.20. The summed E-state index contributed by atoms with van der Waals surface area (Å²) in [5, 5.41) is 0. The van der Waals surface area contributed by atoms with Crippen molar-refractivity contribution in [2.24, 2.45) is 5.92 Å². The van der Waals surface area contributed by atoms with Gasteiger partial charge in [0.15, 0.2) is 0 Å². The largest absolute Gasteiger partial charge is 0.492 e. The number of rotatable bonds is 1. The van der Waals surface area contributed by atoms with E-state index in [1.165, 1.54) is 0 Å². The van der Waals surface area contributed by atoms with Gasteiger partial charge in [-0.05, 0) is 19.4 Å². The van der Waals surface area contributed by atoms with Crippen LogP contribution in [-0.2, 0) is 0 Å². The highest BCUT2D eigenvalue weighted by Gasteiger charge is 2.30. The molecule has 2 atom stereocenters. The van der Waals surface area contributed by atoms with Crippen molar-refractivity contribution in [3.63, 3.8) is 0 Å². The van der Waals surface area contributed by atoms with Crippen LogP contribution in [0.4, 0.5) is 0 Å². The van der Waals surface area contributed by atoms with Crippen LogP contribution in [0.1, 0.15) is 24.0 Å². The van der Waals surface area contributed by atoms with Gasteiger partial charge in [0.2, 0.25) is 0 Å². The summed E-state index contributed by atoms with van der Waals surface area (Å²) in [7, 11) is 0. The molecule has 0 saturated carbocycles. The molecule has 0 bridgehead atoms. The molecule has 1 aliphatic heterocycles. The van der Waals surface area contributed by atoms with Gasteiger partial charge in [-0.3, -0.25) is 0 Å². The van der Waals surface area contributed by atoms with E-state index in [2.05, 4.69) is 18.6 Å². The van der Waals surface area contributed by atoms with E-state index >= 15 is 0 Å². The standard InChI is InChI=1S/C15H16O/c1-5-12-13-8-6-7-11(4)15(13)16-9-14(12)10(2)3/h1,6-8,12,14H,2,9H2,3-4H3/t12-,14-/m1/s1. The number of aryl methyl sites for hydroxylation is 1. The molecule has 0 fully saturated rings. The average molecular weight is 212 g/mol. The zero-order valence-corrected chi connectivity index (χ0v) is 9.79. The maximum absolute atomic E-state index is 5.80. The molecule has 0 radical (unpaired) electrons. The highest BCUT2D eigenvalue weighted by Crippen LogP contribution is 2.40. The third kappa shape index (κ3) is 1.61. The summed E-state index contributed by atoms with van der Waals surface area (Å²) >= 11 is 0. The first-order chi connectivity index (χ1) is 7.65. The van der Waals surface area contributed by atoms with Crippen LogP contribution in [0.25, 0.3) is 0 Å². The molecule has 1 aliphatic rings. The average Bonchev–Trinajstić information content (AvgIpc) is 2.27. The second-order valence-corrected chi connectivity index (χ2v) is 4.40. The Bertz CT molecular complexity index is 465. The van der Waals surface area contributed by atoms with Gasteiger partial charge in [0.25, 0.3) is 0 Å². The molecule has 2 rings (SSSR count). The predicted octanol–water partition coefficient (Wildman–Crippen LogP) is 3.30. The fourth-order valence-electron chi connectivity index (χ4n) is 2.24. The summed E-state index contributed by atoms with van der Waals surface area (Å²) in [6, 6.07) is 6.14. The monoisotopic (exact) mass is 212 g/mol. The van der Waals surface area contributed by atoms with Gasteiger partial charge in [0.1, 0.15) is 5.75 Å². The van der Waals surface area contributed by atoms with Crippen LogP contribution in [0.5, 0.6) is 5.75 Å². The molecular weight excluding hydrogens is 196 g/mol. The van der Waals surface area contributed by atoms with Crippen LogP contribution < -0.4 is 4.74 Å². The van der Waals surface area contributed by atoms with E-state index in [4.69, 9.17) is 11.2 Å². The van der Waals surface area contributed by atoms with Gasteiger partial charge in [0.05, 0.1) is 12.5 Å². The Labute approximate surface area is 97.1 Å². The summed E-state index contributed by atoms with van der Waals surface area (Å²) in [4.78, 5) is 0. The van der Waals surface area contributed by atoms with Crippen LogP contribution in [-0.4, -0.2) is 6.61 Å². The maximum Gasteiger partial charge on any atom is 0.126 e. The number of para-hydroxylation sites is 1. The van der Waals surface area contributed by atoms with Crippen molar-refractivity contribution in [2.75, 3.05) is 6.61 Å². The van der Waals surface area contributed by atoms with Crippen molar-refractivity contribution in [1.29, 1.82) is 0 Å². The van der Waals surface area contributed by atoms with E-state index < -0.39 is 0 Å². The van der Waals surface area contributed by atoms with Crippen molar-refractivity contribution in [1.82, 2.24) is 0 Å². The first-order valence-corrected chi connectivity index (χ1v) is 5.49.